The minimum atomic E-state index is -0.630. The van der Waals surface area contributed by atoms with Crippen LogP contribution in [-0.4, -0.2) is 51.2 Å². The highest BCUT2D eigenvalue weighted by atomic mass is 79.9. The van der Waals surface area contributed by atoms with Crippen LogP contribution < -0.4 is 4.90 Å². The van der Waals surface area contributed by atoms with E-state index in [0.29, 0.717) is 23.6 Å². The fourth-order valence-corrected chi connectivity index (χ4v) is 3.25. The summed E-state index contributed by atoms with van der Waals surface area (Å²) >= 11 is 3.45. The van der Waals surface area contributed by atoms with Gasteiger partial charge in [-0.25, -0.2) is 14.6 Å². The van der Waals surface area contributed by atoms with Crippen LogP contribution >= 0.6 is 15.9 Å². The van der Waals surface area contributed by atoms with Crippen molar-refractivity contribution in [1.29, 1.82) is 0 Å². The zero-order valence-electron chi connectivity index (χ0n) is 14.1. The number of halogens is 1. The third kappa shape index (κ3) is 4.15. The van der Waals surface area contributed by atoms with Gasteiger partial charge in [0, 0.05) is 20.6 Å². The van der Waals surface area contributed by atoms with Gasteiger partial charge >= 0.3 is 0 Å². The van der Waals surface area contributed by atoms with Gasteiger partial charge in [-0.1, -0.05) is 30.3 Å². The number of likely N-dealkylation sites (N-methyl/N-ethyl adjacent to an activating group) is 1. The topological polar surface area (TPSA) is 76.3 Å². The summed E-state index contributed by atoms with van der Waals surface area (Å²) in [5.74, 6) is 0.715. The van der Waals surface area contributed by atoms with Gasteiger partial charge in [0.05, 0.1) is 24.7 Å². The first-order valence-corrected chi connectivity index (χ1v) is 8.69. The Morgan fingerprint density at radius 1 is 1.28 bits per heavy atom. The van der Waals surface area contributed by atoms with Crippen molar-refractivity contribution in [2.75, 3.05) is 25.1 Å². The molecule has 25 heavy (non-hydrogen) atoms. The predicted octanol–water partition coefficient (Wildman–Crippen LogP) is 2.14. The average Bonchev–Trinajstić information content (AvgIpc) is 2.90. The van der Waals surface area contributed by atoms with Crippen molar-refractivity contribution in [2.45, 2.75) is 12.7 Å². The van der Waals surface area contributed by atoms with Crippen molar-refractivity contribution in [3.63, 3.8) is 0 Å². The fraction of sp³-hybridized carbons (Fsp3) is 0.353. The molecule has 1 aromatic carbocycles. The van der Waals surface area contributed by atoms with Crippen LogP contribution in [0.4, 0.5) is 5.82 Å². The Bertz CT molecular complexity index is 840. The SMILES string of the molecule is CN(CC(O)COCc1ccccc1)c1ncnc2c1c(Br)nn2C. The first-order chi connectivity index (χ1) is 12.1. The molecule has 0 aliphatic rings. The van der Waals surface area contributed by atoms with Crippen LogP contribution in [0.15, 0.2) is 41.3 Å². The van der Waals surface area contributed by atoms with Crippen molar-refractivity contribution in [2.24, 2.45) is 7.05 Å². The first-order valence-electron chi connectivity index (χ1n) is 7.90. The number of rotatable bonds is 7. The number of ether oxygens (including phenoxy) is 1. The number of aromatic nitrogens is 4. The number of fused-ring (bicyclic) bond motifs is 1. The highest BCUT2D eigenvalue weighted by Crippen LogP contribution is 2.28. The minimum absolute atomic E-state index is 0.252. The van der Waals surface area contributed by atoms with Crippen molar-refractivity contribution in [1.82, 2.24) is 19.7 Å². The normalized spacial score (nSPS) is 12.5. The number of aliphatic hydroxyl groups excluding tert-OH is 1. The molecule has 0 amide bonds. The molecule has 3 aromatic rings. The van der Waals surface area contributed by atoms with Crippen molar-refractivity contribution >= 4 is 32.8 Å². The maximum Gasteiger partial charge on any atom is 0.164 e. The van der Waals surface area contributed by atoms with Gasteiger partial charge in [0.2, 0.25) is 0 Å². The number of nitrogens with zero attached hydrogens (tertiary/aromatic N) is 5. The van der Waals surface area contributed by atoms with E-state index in [9.17, 15) is 5.11 Å². The third-order valence-corrected chi connectivity index (χ3v) is 4.38. The molecular formula is C17H20BrN5O2. The second-order valence-electron chi connectivity index (χ2n) is 5.85. The molecule has 0 saturated heterocycles. The average molecular weight is 406 g/mol. The lowest BCUT2D eigenvalue weighted by atomic mass is 10.2. The molecule has 8 heteroatoms. The molecule has 0 saturated carbocycles. The molecule has 0 radical (unpaired) electrons. The molecule has 1 unspecified atom stereocenters. The quantitative estimate of drug-likeness (QED) is 0.648. The Morgan fingerprint density at radius 3 is 2.80 bits per heavy atom. The van der Waals surface area contributed by atoms with Crippen LogP contribution in [0.2, 0.25) is 0 Å². The maximum atomic E-state index is 10.3. The smallest absolute Gasteiger partial charge is 0.164 e. The molecular weight excluding hydrogens is 386 g/mol. The van der Waals surface area contributed by atoms with E-state index in [1.807, 2.05) is 49.3 Å². The number of aryl methyl sites for hydroxylation is 1. The zero-order valence-corrected chi connectivity index (χ0v) is 15.7. The third-order valence-electron chi connectivity index (χ3n) is 3.83. The largest absolute Gasteiger partial charge is 0.389 e. The van der Waals surface area contributed by atoms with E-state index >= 15 is 0 Å². The van der Waals surface area contributed by atoms with Crippen LogP contribution in [0.25, 0.3) is 11.0 Å². The molecule has 1 N–H and O–H groups in total. The predicted molar refractivity (Wildman–Crippen MR) is 99.4 cm³/mol. The molecule has 2 heterocycles. The van der Waals surface area contributed by atoms with E-state index in [0.717, 1.165) is 16.6 Å². The van der Waals surface area contributed by atoms with Crippen molar-refractivity contribution < 1.29 is 9.84 Å². The standard InChI is InChI=1S/C17H20BrN5O2/c1-22(8-13(24)10-25-9-12-6-4-3-5-7-12)16-14-15(18)21-23(2)17(14)20-11-19-16/h3-7,11,13,24H,8-10H2,1-2H3. The van der Waals surface area contributed by atoms with Crippen LogP contribution in [0.5, 0.6) is 0 Å². The highest BCUT2D eigenvalue weighted by molar-refractivity contribution is 9.10. The van der Waals surface area contributed by atoms with Crippen molar-refractivity contribution in [3.8, 4) is 0 Å². The zero-order chi connectivity index (χ0) is 17.8. The van der Waals surface area contributed by atoms with E-state index in [1.165, 1.54) is 6.33 Å². The van der Waals surface area contributed by atoms with Gasteiger partial charge in [-0.2, -0.15) is 5.10 Å². The van der Waals surface area contributed by atoms with Crippen LogP contribution in [0.3, 0.4) is 0 Å². The molecule has 0 fully saturated rings. The summed E-state index contributed by atoms with van der Waals surface area (Å²) in [5, 5.41) is 15.4. The second-order valence-corrected chi connectivity index (χ2v) is 6.60. The molecule has 7 nitrogen and oxygen atoms in total. The van der Waals surface area contributed by atoms with E-state index < -0.39 is 6.10 Å². The van der Waals surface area contributed by atoms with E-state index in [2.05, 4.69) is 31.0 Å². The molecule has 0 aliphatic carbocycles. The molecule has 1 atom stereocenters. The van der Waals surface area contributed by atoms with Gasteiger partial charge in [0.25, 0.3) is 0 Å². The lowest BCUT2D eigenvalue weighted by Gasteiger charge is -2.22. The number of anilines is 1. The maximum absolute atomic E-state index is 10.3. The van der Waals surface area contributed by atoms with Gasteiger partial charge in [-0.3, -0.25) is 0 Å². The molecule has 0 spiro atoms. The Morgan fingerprint density at radius 2 is 2.04 bits per heavy atom. The summed E-state index contributed by atoms with van der Waals surface area (Å²) in [6, 6.07) is 9.89. The summed E-state index contributed by atoms with van der Waals surface area (Å²) < 4.78 is 7.97. The Hall–Kier alpha value is -2.03. The summed E-state index contributed by atoms with van der Waals surface area (Å²) in [6.07, 6.45) is 0.870. The van der Waals surface area contributed by atoms with Gasteiger partial charge in [-0.15, -0.1) is 0 Å². The highest BCUT2D eigenvalue weighted by Gasteiger charge is 2.18. The molecule has 0 aliphatic heterocycles. The van der Waals surface area contributed by atoms with E-state index in [4.69, 9.17) is 4.74 Å². The second kappa shape index (κ2) is 7.90. The molecule has 132 valence electrons. The summed E-state index contributed by atoms with van der Waals surface area (Å²) in [5.41, 5.74) is 1.82. The number of hydrogen-bond donors (Lipinski definition) is 1. The molecule has 3 rings (SSSR count). The van der Waals surface area contributed by atoms with Gasteiger partial charge in [-0.05, 0) is 21.5 Å². The Kier molecular flexibility index (Phi) is 5.62. The molecule has 0 bridgehead atoms. The summed E-state index contributed by atoms with van der Waals surface area (Å²) in [7, 11) is 3.71. The monoisotopic (exact) mass is 405 g/mol. The van der Waals surface area contributed by atoms with E-state index in [-0.39, 0.29) is 6.61 Å². The molecule has 2 aromatic heterocycles. The lowest BCUT2D eigenvalue weighted by molar-refractivity contribution is 0.0324. The van der Waals surface area contributed by atoms with Crippen LogP contribution in [-0.2, 0) is 18.4 Å². The Balaban J connectivity index is 1.61. The number of hydrogen-bond acceptors (Lipinski definition) is 6. The Labute approximate surface area is 154 Å². The van der Waals surface area contributed by atoms with E-state index in [1.54, 1.807) is 4.68 Å². The lowest BCUT2D eigenvalue weighted by Crippen LogP contribution is -2.32. The van der Waals surface area contributed by atoms with Crippen molar-refractivity contribution in [3.05, 3.63) is 46.8 Å². The van der Waals surface area contributed by atoms with Crippen LogP contribution in [0.1, 0.15) is 5.56 Å². The summed E-state index contributed by atoms with van der Waals surface area (Å²) in [6.45, 7) is 1.12. The summed E-state index contributed by atoms with van der Waals surface area (Å²) in [4.78, 5) is 10.5. The fourth-order valence-electron chi connectivity index (χ4n) is 2.66. The van der Waals surface area contributed by atoms with Crippen LogP contribution in [0, 0.1) is 0 Å². The minimum Gasteiger partial charge on any atom is -0.389 e. The van der Waals surface area contributed by atoms with Gasteiger partial charge in [0.1, 0.15) is 16.7 Å². The first kappa shape index (κ1) is 17.8. The number of aliphatic hydroxyl groups is 1. The number of benzene rings is 1. The van der Waals surface area contributed by atoms with Gasteiger partial charge in [0.15, 0.2) is 5.65 Å². The van der Waals surface area contributed by atoms with Gasteiger partial charge < -0.3 is 14.7 Å².